The monoisotopic (exact) mass is 468 g/mol. The number of anilines is 1. The molecule has 9 heteroatoms. The van der Waals surface area contributed by atoms with Crippen LogP contribution in [0.15, 0.2) is 47.4 Å². The number of aromatic nitrogens is 2. The first-order valence-electron chi connectivity index (χ1n) is 10.9. The molecule has 1 amide bonds. The third-order valence-corrected chi connectivity index (χ3v) is 7.79. The van der Waals surface area contributed by atoms with E-state index in [0.717, 1.165) is 24.0 Å². The van der Waals surface area contributed by atoms with Crippen molar-refractivity contribution in [3.8, 4) is 17.0 Å². The maximum absolute atomic E-state index is 12.9. The summed E-state index contributed by atoms with van der Waals surface area (Å²) in [6.45, 7) is 6.85. The fraction of sp³-hybridized carbons (Fsp3) is 0.333. The van der Waals surface area contributed by atoms with E-state index in [1.807, 2.05) is 26.0 Å². The highest BCUT2D eigenvalue weighted by Gasteiger charge is 2.28. The van der Waals surface area contributed by atoms with E-state index in [9.17, 15) is 18.3 Å². The minimum Gasteiger partial charge on any atom is -0.507 e. The number of phenols is 1. The van der Waals surface area contributed by atoms with Gasteiger partial charge in [-0.2, -0.15) is 9.40 Å². The summed E-state index contributed by atoms with van der Waals surface area (Å²) in [7, 11) is -3.55. The number of piperidine rings is 1. The molecule has 2 aromatic carbocycles. The van der Waals surface area contributed by atoms with Crippen molar-refractivity contribution in [2.45, 2.75) is 38.5 Å². The van der Waals surface area contributed by atoms with Crippen LogP contribution < -0.4 is 5.32 Å². The summed E-state index contributed by atoms with van der Waals surface area (Å²) >= 11 is 0. The second-order valence-electron chi connectivity index (χ2n) is 8.73. The molecule has 174 valence electrons. The lowest BCUT2D eigenvalue weighted by atomic mass is 10.0. The number of nitrogens with zero attached hydrogens (tertiary/aromatic N) is 2. The van der Waals surface area contributed by atoms with Crippen molar-refractivity contribution < 1.29 is 18.3 Å². The Morgan fingerprint density at radius 3 is 2.61 bits per heavy atom. The van der Waals surface area contributed by atoms with Crippen LogP contribution in [0.3, 0.4) is 0 Å². The number of benzene rings is 2. The van der Waals surface area contributed by atoms with Gasteiger partial charge in [0.1, 0.15) is 11.4 Å². The van der Waals surface area contributed by atoms with Crippen LogP contribution in [0.2, 0.25) is 0 Å². The van der Waals surface area contributed by atoms with Crippen LogP contribution in [0.1, 0.15) is 41.4 Å². The van der Waals surface area contributed by atoms with Gasteiger partial charge in [0.05, 0.1) is 10.6 Å². The van der Waals surface area contributed by atoms with Crippen LogP contribution in [-0.2, 0) is 10.0 Å². The van der Waals surface area contributed by atoms with Gasteiger partial charge in [0.15, 0.2) is 0 Å². The number of aromatic amines is 1. The molecule has 0 spiro atoms. The first kappa shape index (κ1) is 23.0. The molecule has 0 saturated carbocycles. The zero-order valence-electron chi connectivity index (χ0n) is 18.9. The van der Waals surface area contributed by atoms with E-state index in [0.29, 0.717) is 36.0 Å². The Balaban J connectivity index is 1.48. The third kappa shape index (κ3) is 4.79. The normalized spacial score (nSPS) is 17.1. The molecule has 1 atom stereocenters. The standard InChI is InChI=1S/C24H28N4O4S/c1-15-5-4-10-28(14-15)33(31,32)19-8-6-18(7-9-19)25-24(30)22-13-21(26-27-22)20-12-16(2)11-17(3)23(20)29/h6-9,11-13,15,29H,4-5,10,14H2,1-3H3,(H,25,30)(H,26,27). The van der Waals surface area contributed by atoms with E-state index in [4.69, 9.17) is 0 Å². The van der Waals surface area contributed by atoms with Gasteiger partial charge in [-0.25, -0.2) is 8.42 Å². The van der Waals surface area contributed by atoms with E-state index in [1.54, 1.807) is 18.2 Å². The molecule has 8 nitrogen and oxygen atoms in total. The van der Waals surface area contributed by atoms with Gasteiger partial charge in [-0.15, -0.1) is 0 Å². The van der Waals surface area contributed by atoms with Crippen molar-refractivity contribution in [3.05, 3.63) is 59.3 Å². The molecule has 3 N–H and O–H groups in total. The van der Waals surface area contributed by atoms with Crippen LogP contribution in [-0.4, -0.2) is 47.0 Å². The molecule has 1 fully saturated rings. The minimum absolute atomic E-state index is 0.124. The molecule has 1 unspecified atom stereocenters. The largest absolute Gasteiger partial charge is 0.507 e. The molecule has 1 aromatic heterocycles. The van der Waals surface area contributed by atoms with E-state index in [-0.39, 0.29) is 16.3 Å². The molecular weight excluding hydrogens is 440 g/mol. The Labute approximate surface area is 193 Å². The number of phenolic OH excluding ortho intramolecular Hbond substituents is 1. The van der Waals surface area contributed by atoms with Crippen molar-refractivity contribution in [1.82, 2.24) is 14.5 Å². The number of nitrogens with one attached hydrogen (secondary N) is 2. The quantitative estimate of drug-likeness (QED) is 0.522. The lowest BCUT2D eigenvalue weighted by Crippen LogP contribution is -2.39. The van der Waals surface area contributed by atoms with E-state index >= 15 is 0 Å². The van der Waals surface area contributed by atoms with Gasteiger partial charge < -0.3 is 10.4 Å². The topological polar surface area (TPSA) is 115 Å². The summed E-state index contributed by atoms with van der Waals surface area (Å²) in [6, 6.07) is 11.4. The molecule has 1 aliphatic rings. The fourth-order valence-electron chi connectivity index (χ4n) is 4.15. The highest BCUT2D eigenvalue weighted by molar-refractivity contribution is 7.89. The lowest BCUT2D eigenvalue weighted by molar-refractivity contribution is 0.102. The molecule has 0 radical (unpaired) electrons. The number of amides is 1. The number of sulfonamides is 1. The Morgan fingerprint density at radius 1 is 1.18 bits per heavy atom. The number of carbonyl (C=O) groups excluding carboxylic acids is 1. The predicted octanol–water partition coefficient (Wildman–Crippen LogP) is 4.07. The number of hydrogen-bond acceptors (Lipinski definition) is 5. The lowest BCUT2D eigenvalue weighted by Gasteiger charge is -2.30. The summed E-state index contributed by atoms with van der Waals surface area (Å²) in [6.07, 6.45) is 1.90. The van der Waals surface area contributed by atoms with Crippen molar-refractivity contribution in [2.75, 3.05) is 18.4 Å². The van der Waals surface area contributed by atoms with Gasteiger partial charge >= 0.3 is 0 Å². The highest BCUT2D eigenvalue weighted by Crippen LogP contribution is 2.32. The van der Waals surface area contributed by atoms with Gasteiger partial charge in [-0.3, -0.25) is 9.89 Å². The summed E-state index contributed by atoms with van der Waals surface area (Å²) < 4.78 is 27.3. The molecule has 0 bridgehead atoms. The first-order valence-corrected chi connectivity index (χ1v) is 12.4. The van der Waals surface area contributed by atoms with E-state index in [2.05, 4.69) is 22.4 Å². The predicted molar refractivity (Wildman–Crippen MR) is 127 cm³/mol. The van der Waals surface area contributed by atoms with Crippen LogP contribution in [0.4, 0.5) is 5.69 Å². The van der Waals surface area contributed by atoms with Crippen molar-refractivity contribution in [2.24, 2.45) is 5.92 Å². The Morgan fingerprint density at radius 2 is 1.91 bits per heavy atom. The average molecular weight is 469 g/mol. The SMILES string of the molecule is Cc1cc(C)c(O)c(-c2cc(C(=O)Nc3ccc(S(=O)(=O)N4CCCC(C)C4)cc3)[nH]n2)c1. The van der Waals surface area contributed by atoms with Crippen molar-refractivity contribution in [1.29, 1.82) is 0 Å². The number of rotatable bonds is 5. The Hall–Kier alpha value is -3.17. The van der Waals surface area contributed by atoms with Gasteiger partial charge in [0.25, 0.3) is 5.91 Å². The number of H-pyrrole nitrogens is 1. The van der Waals surface area contributed by atoms with Crippen molar-refractivity contribution >= 4 is 21.6 Å². The molecule has 3 aromatic rings. The summed E-state index contributed by atoms with van der Waals surface area (Å²) in [5.41, 5.74) is 3.40. The smallest absolute Gasteiger partial charge is 0.273 e. The van der Waals surface area contributed by atoms with E-state index < -0.39 is 15.9 Å². The Bertz CT molecular complexity index is 1280. The zero-order valence-corrected chi connectivity index (χ0v) is 19.7. The van der Waals surface area contributed by atoms with Gasteiger partial charge in [0.2, 0.25) is 10.0 Å². The molecule has 33 heavy (non-hydrogen) atoms. The molecule has 1 aliphatic heterocycles. The van der Waals surface area contributed by atoms with Gasteiger partial charge in [-0.1, -0.05) is 13.0 Å². The highest BCUT2D eigenvalue weighted by atomic mass is 32.2. The number of carbonyl (C=O) groups is 1. The van der Waals surface area contributed by atoms with Crippen LogP contribution in [0.25, 0.3) is 11.3 Å². The number of aryl methyl sites for hydroxylation is 2. The number of hydrogen-bond donors (Lipinski definition) is 3. The fourth-order valence-corrected chi connectivity index (χ4v) is 5.75. The molecule has 4 rings (SSSR count). The van der Waals surface area contributed by atoms with E-state index in [1.165, 1.54) is 16.4 Å². The second kappa shape index (κ2) is 8.99. The first-order chi connectivity index (χ1) is 15.6. The molecular formula is C24H28N4O4S. The van der Waals surface area contributed by atoms with Crippen LogP contribution in [0.5, 0.6) is 5.75 Å². The summed E-state index contributed by atoms with van der Waals surface area (Å²) in [5, 5.41) is 20.0. The molecule has 0 aliphatic carbocycles. The van der Waals surface area contributed by atoms with Crippen LogP contribution in [0, 0.1) is 19.8 Å². The van der Waals surface area contributed by atoms with Crippen molar-refractivity contribution in [3.63, 3.8) is 0 Å². The van der Waals surface area contributed by atoms with Gasteiger partial charge in [-0.05, 0) is 80.1 Å². The zero-order chi connectivity index (χ0) is 23.8. The summed E-state index contributed by atoms with van der Waals surface area (Å²) in [5.74, 6) is 0.0500. The number of aromatic hydroxyl groups is 1. The van der Waals surface area contributed by atoms with Crippen LogP contribution >= 0.6 is 0 Å². The Kier molecular flexibility index (Phi) is 6.27. The second-order valence-corrected chi connectivity index (χ2v) is 10.7. The maximum Gasteiger partial charge on any atom is 0.273 e. The average Bonchev–Trinajstić information content (AvgIpc) is 3.27. The third-order valence-electron chi connectivity index (χ3n) is 5.91. The molecule has 2 heterocycles. The summed E-state index contributed by atoms with van der Waals surface area (Å²) in [4.78, 5) is 12.9. The minimum atomic E-state index is -3.55. The maximum atomic E-state index is 12.9. The van der Waals surface area contributed by atoms with Gasteiger partial charge in [0, 0.05) is 24.3 Å². The molecule has 1 saturated heterocycles.